The third-order valence-corrected chi connectivity index (χ3v) is 2.37. The Hall–Kier alpha value is -0.820. The molecule has 0 aliphatic rings. The topological polar surface area (TPSA) is 20.2 Å². The van der Waals surface area contributed by atoms with E-state index < -0.39 is 0 Å². The largest absolute Gasteiger partial charge is 0.393 e. The van der Waals surface area contributed by atoms with Crippen molar-refractivity contribution in [2.75, 3.05) is 0 Å². The summed E-state index contributed by atoms with van der Waals surface area (Å²) in [4.78, 5) is 0. The molecule has 1 atom stereocenters. The first-order valence-corrected chi connectivity index (χ1v) is 5.02. The first kappa shape index (κ1) is 10.3. The van der Waals surface area contributed by atoms with Gasteiger partial charge in [0.15, 0.2) is 0 Å². The average Bonchev–Trinajstić information content (AvgIpc) is 2.19. The maximum Gasteiger partial charge on any atom is 0.0577 e. The maximum absolute atomic E-state index is 9.44. The molecule has 13 heavy (non-hydrogen) atoms. The molecular weight excluding hydrogens is 160 g/mol. The van der Waals surface area contributed by atoms with Crippen molar-refractivity contribution >= 4 is 0 Å². The summed E-state index contributed by atoms with van der Waals surface area (Å²) in [6, 6.07) is 8.49. The van der Waals surface area contributed by atoms with E-state index in [0.29, 0.717) is 0 Å². The van der Waals surface area contributed by atoms with E-state index in [-0.39, 0.29) is 6.10 Å². The van der Waals surface area contributed by atoms with Crippen molar-refractivity contribution in [1.29, 1.82) is 0 Å². The standard InChI is InChI=1S/C12H18O/c1-3-10-5-7-11(8-6-10)9-12(13)4-2/h5-8,12-13H,3-4,9H2,1-2H3/t12-/m0/s1. The summed E-state index contributed by atoms with van der Waals surface area (Å²) in [5.74, 6) is 0. The first-order valence-electron chi connectivity index (χ1n) is 5.02. The zero-order valence-corrected chi connectivity index (χ0v) is 8.46. The minimum atomic E-state index is -0.188. The highest BCUT2D eigenvalue weighted by Crippen LogP contribution is 2.08. The summed E-state index contributed by atoms with van der Waals surface area (Å²) >= 11 is 0. The molecule has 0 spiro atoms. The van der Waals surface area contributed by atoms with Gasteiger partial charge in [-0.1, -0.05) is 38.1 Å². The van der Waals surface area contributed by atoms with Gasteiger partial charge < -0.3 is 5.11 Å². The normalized spacial score (nSPS) is 12.8. The van der Waals surface area contributed by atoms with Crippen molar-refractivity contribution in [3.63, 3.8) is 0 Å². The van der Waals surface area contributed by atoms with E-state index in [1.54, 1.807) is 0 Å². The molecule has 1 rings (SSSR count). The van der Waals surface area contributed by atoms with E-state index >= 15 is 0 Å². The number of hydrogen-bond acceptors (Lipinski definition) is 1. The minimum Gasteiger partial charge on any atom is -0.393 e. The van der Waals surface area contributed by atoms with Gasteiger partial charge in [0.05, 0.1) is 6.10 Å². The third kappa shape index (κ3) is 3.19. The Morgan fingerprint density at radius 2 is 1.62 bits per heavy atom. The number of benzene rings is 1. The van der Waals surface area contributed by atoms with Crippen LogP contribution in [0.4, 0.5) is 0 Å². The van der Waals surface area contributed by atoms with E-state index in [2.05, 4.69) is 31.2 Å². The van der Waals surface area contributed by atoms with Gasteiger partial charge in [0.25, 0.3) is 0 Å². The van der Waals surface area contributed by atoms with Crippen molar-refractivity contribution < 1.29 is 5.11 Å². The van der Waals surface area contributed by atoms with Crippen LogP contribution in [0, 0.1) is 0 Å². The van der Waals surface area contributed by atoms with Crippen LogP contribution < -0.4 is 0 Å². The van der Waals surface area contributed by atoms with Gasteiger partial charge in [0.1, 0.15) is 0 Å². The summed E-state index contributed by atoms with van der Waals surface area (Å²) in [6.45, 7) is 4.15. The van der Waals surface area contributed by atoms with E-state index in [0.717, 1.165) is 19.3 Å². The van der Waals surface area contributed by atoms with Crippen molar-refractivity contribution in [2.45, 2.75) is 39.2 Å². The van der Waals surface area contributed by atoms with Gasteiger partial charge in [-0.25, -0.2) is 0 Å². The fourth-order valence-electron chi connectivity index (χ4n) is 1.33. The molecule has 0 saturated heterocycles. The van der Waals surface area contributed by atoms with Crippen LogP contribution in [0.3, 0.4) is 0 Å². The zero-order chi connectivity index (χ0) is 9.68. The Labute approximate surface area is 80.4 Å². The molecule has 1 aromatic rings. The van der Waals surface area contributed by atoms with Gasteiger partial charge in [0.2, 0.25) is 0 Å². The zero-order valence-electron chi connectivity index (χ0n) is 8.46. The number of aliphatic hydroxyl groups is 1. The number of rotatable bonds is 4. The van der Waals surface area contributed by atoms with Crippen LogP contribution in [0.15, 0.2) is 24.3 Å². The lowest BCUT2D eigenvalue weighted by atomic mass is 10.0. The van der Waals surface area contributed by atoms with Gasteiger partial charge in [0, 0.05) is 0 Å². The summed E-state index contributed by atoms with van der Waals surface area (Å²) in [5.41, 5.74) is 2.58. The smallest absolute Gasteiger partial charge is 0.0577 e. The fourth-order valence-corrected chi connectivity index (χ4v) is 1.33. The Balaban J connectivity index is 2.58. The van der Waals surface area contributed by atoms with Gasteiger partial charge in [-0.2, -0.15) is 0 Å². The van der Waals surface area contributed by atoms with Crippen LogP contribution in [0.2, 0.25) is 0 Å². The number of aliphatic hydroxyl groups excluding tert-OH is 1. The van der Waals surface area contributed by atoms with Crippen LogP contribution in [0.25, 0.3) is 0 Å². The second kappa shape index (κ2) is 5.03. The molecule has 0 bridgehead atoms. The summed E-state index contributed by atoms with van der Waals surface area (Å²) in [6.07, 6.45) is 2.50. The van der Waals surface area contributed by atoms with E-state index in [4.69, 9.17) is 0 Å². The monoisotopic (exact) mass is 178 g/mol. The second-order valence-corrected chi connectivity index (χ2v) is 3.44. The van der Waals surface area contributed by atoms with Crippen molar-refractivity contribution in [3.8, 4) is 0 Å². The second-order valence-electron chi connectivity index (χ2n) is 3.44. The number of aryl methyl sites for hydroxylation is 1. The Bertz CT molecular complexity index is 238. The van der Waals surface area contributed by atoms with Crippen LogP contribution in [-0.4, -0.2) is 11.2 Å². The Kier molecular flexibility index (Phi) is 3.97. The highest BCUT2D eigenvalue weighted by atomic mass is 16.3. The molecule has 0 aliphatic carbocycles. The molecule has 0 aliphatic heterocycles. The molecule has 1 aromatic carbocycles. The molecule has 1 N–H and O–H groups in total. The van der Waals surface area contributed by atoms with Crippen LogP contribution >= 0.6 is 0 Å². The third-order valence-electron chi connectivity index (χ3n) is 2.37. The lowest BCUT2D eigenvalue weighted by Gasteiger charge is -2.07. The van der Waals surface area contributed by atoms with Gasteiger partial charge in [-0.05, 0) is 30.4 Å². The summed E-state index contributed by atoms with van der Waals surface area (Å²) < 4.78 is 0. The predicted octanol–water partition coefficient (Wildman–Crippen LogP) is 2.56. The van der Waals surface area contributed by atoms with E-state index in [9.17, 15) is 5.11 Å². The SMILES string of the molecule is CCc1ccc(C[C@@H](O)CC)cc1. The highest BCUT2D eigenvalue weighted by Gasteiger charge is 2.01. The molecule has 0 saturated carbocycles. The predicted molar refractivity (Wildman–Crippen MR) is 55.8 cm³/mol. The van der Waals surface area contributed by atoms with Crippen molar-refractivity contribution in [1.82, 2.24) is 0 Å². The fraction of sp³-hybridized carbons (Fsp3) is 0.500. The number of hydrogen-bond donors (Lipinski definition) is 1. The van der Waals surface area contributed by atoms with Crippen molar-refractivity contribution in [2.24, 2.45) is 0 Å². The van der Waals surface area contributed by atoms with Gasteiger partial charge in [-0.15, -0.1) is 0 Å². The van der Waals surface area contributed by atoms with Crippen LogP contribution in [-0.2, 0) is 12.8 Å². The van der Waals surface area contributed by atoms with E-state index in [1.165, 1.54) is 11.1 Å². The molecular formula is C12H18O. The quantitative estimate of drug-likeness (QED) is 0.751. The average molecular weight is 178 g/mol. The van der Waals surface area contributed by atoms with Crippen LogP contribution in [0.1, 0.15) is 31.4 Å². The lowest BCUT2D eigenvalue weighted by Crippen LogP contribution is -2.08. The van der Waals surface area contributed by atoms with Gasteiger partial charge >= 0.3 is 0 Å². The van der Waals surface area contributed by atoms with E-state index in [1.807, 2.05) is 6.92 Å². The van der Waals surface area contributed by atoms with Crippen molar-refractivity contribution in [3.05, 3.63) is 35.4 Å². The molecule has 0 heterocycles. The maximum atomic E-state index is 9.44. The Morgan fingerprint density at radius 3 is 2.08 bits per heavy atom. The molecule has 0 fully saturated rings. The molecule has 0 radical (unpaired) electrons. The highest BCUT2D eigenvalue weighted by molar-refractivity contribution is 5.22. The first-order chi connectivity index (χ1) is 6.26. The molecule has 1 nitrogen and oxygen atoms in total. The molecule has 1 heteroatoms. The molecule has 0 amide bonds. The van der Waals surface area contributed by atoms with Crippen LogP contribution in [0.5, 0.6) is 0 Å². The lowest BCUT2D eigenvalue weighted by molar-refractivity contribution is 0.171. The Morgan fingerprint density at radius 1 is 1.08 bits per heavy atom. The molecule has 0 aromatic heterocycles. The summed E-state index contributed by atoms with van der Waals surface area (Å²) in [7, 11) is 0. The summed E-state index contributed by atoms with van der Waals surface area (Å²) in [5, 5.41) is 9.44. The molecule has 0 unspecified atom stereocenters. The molecule has 72 valence electrons. The minimum absolute atomic E-state index is 0.188. The van der Waals surface area contributed by atoms with Gasteiger partial charge in [-0.3, -0.25) is 0 Å².